The lowest BCUT2D eigenvalue weighted by atomic mass is 10.1. The van der Waals surface area contributed by atoms with Gasteiger partial charge in [0.15, 0.2) is 5.76 Å². The molecule has 3 heterocycles. The van der Waals surface area contributed by atoms with Crippen molar-refractivity contribution in [2.24, 2.45) is 0 Å². The van der Waals surface area contributed by atoms with Gasteiger partial charge in [-0.1, -0.05) is 48.5 Å². The van der Waals surface area contributed by atoms with Crippen molar-refractivity contribution in [2.45, 2.75) is 33.0 Å². The second kappa shape index (κ2) is 11.9. The summed E-state index contributed by atoms with van der Waals surface area (Å²) < 4.78 is 7.87. The Morgan fingerprint density at radius 3 is 2.50 bits per heavy atom. The van der Waals surface area contributed by atoms with Gasteiger partial charge in [-0.15, -0.1) is 0 Å². The zero-order chi connectivity index (χ0) is 26.3. The lowest BCUT2D eigenvalue weighted by Crippen LogP contribution is -2.38. The molecule has 4 aromatic rings. The Labute approximate surface area is 223 Å². The van der Waals surface area contributed by atoms with Crippen LogP contribution in [0, 0.1) is 0 Å². The molecule has 0 unspecified atom stereocenters. The Bertz CT molecular complexity index is 1350. The standard InChI is InChI=1S/C30H33N5O3/c1-24(36)35-16-7-15-32(20-25-8-3-2-4-9-25)18-19-34(21-26-10-5-6-11-28(26)35)30(37)29-13-12-27(38-29)22-33-17-14-31-23-33/h2-6,8-14,17,23H,7,15-16,18-22H2,1H3. The van der Waals surface area contributed by atoms with E-state index in [0.717, 1.165) is 30.8 Å². The van der Waals surface area contributed by atoms with Crippen LogP contribution in [0.1, 0.15) is 40.8 Å². The molecule has 2 aromatic carbocycles. The number of anilines is 1. The zero-order valence-electron chi connectivity index (χ0n) is 21.7. The van der Waals surface area contributed by atoms with E-state index in [2.05, 4.69) is 22.0 Å². The van der Waals surface area contributed by atoms with Crippen LogP contribution in [0.5, 0.6) is 0 Å². The number of aromatic nitrogens is 2. The molecular formula is C30H33N5O3. The molecule has 2 aromatic heterocycles. The topological polar surface area (TPSA) is 74.8 Å². The Morgan fingerprint density at radius 2 is 1.71 bits per heavy atom. The minimum atomic E-state index is -0.162. The predicted molar refractivity (Wildman–Crippen MR) is 146 cm³/mol. The molecule has 0 fully saturated rings. The van der Waals surface area contributed by atoms with E-state index in [1.54, 1.807) is 25.5 Å². The Hall–Kier alpha value is -4.17. The number of carbonyl (C=O) groups excluding carboxylic acids is 2. The number of carbonyl (C=O) groups is 2. The molecule has 0 bridgehead atoms. The smallest absolute Gasteiger partial charge is 0.289 e. The number of nitrogens with zero attached hydrogens (tertiary/aromatic N) is 5. The van der Waals surface area contributed by atoms with E-state index in [1.165, 1.54) is 5.56 Å². The molecule has 0 saturated heterocycles. The van der Waals surface area contributed by atoms with Crippen LogP contribution in [0.2, 0.25) is 0 Å². The van der Waals surface area contributed by atoms with Crippen molar-refractivity contribution >= 4 is 17.5 Å². The van der Waals surface area contributed by atoms with Crippen LogP contribution in [0.25, 0.3) is 0 Å². The number of hydrogen-bond donors (Lipinski definition) is 0. The van der Waals surface area contributed by atoms with Crippen molar-refractivity contribution in [1.82, 2.24) is 19.4 Å². The maximum absolute atomic E-state index is 13.8. The molecule has 196 valence electrons. The molecule has 1 aliphatic heterocycles. The summed E-state index contributed by atoms with van der Waals surface area (Å²) in [5.74, 6) is 0.841. The van der Waals surface area contributed by atoms with E-state index < -0.39 is 0 Å². The van der Waals surface area contributed by atoms with E-state index in [-0.39, 0.29) is 11.8 Å². The molecule has 0 aliphatic carbocycles. The minimum absolute atomic E-state index is 0.000592. The summed E-state index contributed by atoms with van der Waals surface area (Å²) in [6.07, 6.45) is 6.13. The summed E-state index contributed by atoms with van der Waals surface area (Å²) in [4.78, 5) is 36.5. The van der Waals surface area contributed by atoms with Gasteiger partial charge in [0.05, 0.1) is 12.9 Å². The molecule has 0 radical (unpaired) electrons. The molecule has 0 spiro atoms. The van der Waals surface area contributed by atoms with Gasteiger partial charge in [0.25, 0.3) is 5.91 Å². The SMILES string of the molecule is CC(=O)N1CCCN(Cc2ccccc2)CCN(C(=O)c2ccc(Cn3ccnc3)o2)Cc2ccccc21. The van der Waals surface area contributed by atoms with Crippen molar-refractivity contribution < 1.29 is 14.0 Å². The molecule has 38 heavy (non-hydrogen) atoms. The lowest BCUT2D eigenvalue weighted by Gasteiger charge is -2.27. The quantitative estimate of drug-likeness (QED) is 0.396. The summed E-state index contributed by atoms with van der Waals surface area (Å²) >= 11 is 0. The zero-order valence-corrected chi connectivity index (χ0v) is 21.7. The summed E-state index contributed by atoms with van der Waals surface area (Å²) in [5, 5.41) is 0. The normalized spacial score (nSPS) is 15.1. The van der Waals surface area contributed by atoms with Crippen molar-refractivity contribution in [3.8, 4) is 0 Å². The Morgan fingerprint density at radius 1 is 0.895 bits per heavy atom. The maximum Gasteiger partial charge on any atom is 0.289 e. The fraction of sp³-hybridized carbons (Fsp3) is 0.300. The molecule has 5 rings (SSSR count). The highest BCUT2D eigenvalue weighted by molar-refractivity contribution is 5.93. The summed E-state index contributed by atoms with van der Waals surface area (Å²) in [6, 6.07) is 21.8. The van der Waals surface area contributed by atoms with E-state index in [9.17, 15) is 9.59 Å². The summed E-state index contributed by atoms with van der Waals surface area (Å²) in [5.41, 5.74) is 3.02. The minimum Gasteiger partial charge on any atom is -0.454 e. The van der Waals surface area contributed by atoms with E-state index in [0.29, 0.717) is 44.2 Å². The van der Waals surface area contributed by atoms with Crippen molar-refractivity contribution in [1.29, 1.82) is 0 Å². The van der Waals surface area contributed by atoms with E-state index in [1.807, 2.05) is 69.1 Å². The molecule has 0 atom stereocenters. The first-order chi connectivity index (χ1) is 18.6. The molecule has 0 saturated carbocycles. The van der Waals surface area contributed by atoms with Gasteiger partial charge in [-0.2, -0.15) is 0 Å². The van der Waals surface area contributed by atoms with E-state index >= 15 is 0 Å². The maximum atomic E-state index is 13.8. The fourth-order valence-corrected chi connectivity index (χ4v) is 4.93. The van der Waals surface area contributed by atoms with Gasteiger partial charge in [0.2, 0.25) is 5.91 Å². The van der Waals surface area contributed by atoms with Crippen LogP contribution in [0.15, 0.2) is 89.9 Å². The second-order valence-corrected chi connectivity index (χ2v) is 9.64. The van der Waals surface area contributed by atoms with Crippen LogP contribution < -0.4 is 4.90 Å². The van der Waals surface area contributed by atoms with Crippen molar-refractivity contribution in [2.75, 3.05) is 31.1 Å². The van der Waals surface area contributed by atoms with Gasteiger partial charge >= 0.3 is 0 Å². The molecule has 2 amide bonds. The highest BCUT2D eigenvalue weighted by atomic mass is 16.4. The number of amides is 2. The van der Waals surface area contributed by atoms with Crippen LogP contribution in [-0.4, -0.2) is 57.3 Å². The lowest BCUT2D eigenvalue weighted by molar-refractivity contribution is -0.116. The van der Waals surface area contributed by atoms with Gasteiger partial charge < -0.3 is 18.8 Å². The number of furan rings is 1. The molecule has 1 aliphatic rings. The summed E-state index contributed by atoms with van der Waals surface area (Å²) in [7, 11) is 0. The van der Waals surface area contributed by atoms with Crippen molar-refractivity contribution in [3.63, 3.8) is 0 Å². The van der Waals surface area contributed by atoms with Crippen LogP contribution in [0.4, 0.5) is 5.69 Å². The van der Waals surface area contributed by atoms with Crippen LogP contribution in [0.3, 0.4) is 0 Å². The molecule has 8 heteroatoms. The molecule has 0 N–H and O–H groups in total. The number of para-hydroxylation sites is 1. The largest absolute Gasteiger partial charge is 0.454 e. The van der Waals surface area contributed by atoms with Gasteiger partial charge in [-0.3, -0.25) is 14.5 Å². The number of benzene rings is 2. The second-order valence-electron chi connectivity index (χ2n) is 9.64. The third-order valence-corrected chi connectivity index (χ3v) is 6.87. The molecular weight excluding hydrogens is 478 g/mol. The first-order valence-electron chi connectivity index (χ1n) is 13.0. The van der Waals surface area contributed by atoms with Gasteiger partial charge in [-0.25, -0.2) is 4.98 Å². The number of hydrogen-bond acceptors (Lipinski definition) is 5. The Kier molecular flexibility index (Phi) is 7.99. The Balaban J connectivity index is 1.42. The molecule has 8 nitrogen and oxygen atoms in total. The average molecular weight is 512 g/mol. The number of imidazole rings is 1. The first kappa shape index (κ1) is 25.5. The number of fused-ring (bicyclic) bond motifs is 1. The van der Waals surface area contributed by atoms with Crippen molar-refractivity contribution in [3.05, 3.63) is 108 Å². The monoisotopic (exact) mass is 511 g/mol. The van der Waals surface area contributed by atoms with Gasteiger partial charge in [0, 0.05) is 64.3 Å². The third-order valence-electron chi connectivity index (χ3n) is 6.87. The highest BCUT2D eigenvalue weighted by Crippen LogP contribution is 2.25. The first-order valence-corrected chi connectivity index (χ1v) is 13.0. The van der Waals surface area contributed by atoms with Gasteiger partial charge in [0.1, 0.15) is 5.76 Å². The number of rotatable bonds is 5. The third kappa shape index (κ3) is 6.20. The summed E-state index contributed by atoms with van der Waals surface area (Å²) in [6.45, 7) is 5.98. The van der Waals surface area contributed by atoms with Crippen LogP contribution in [-0.2, 0) is 24.4 Å². The average Bonchev–Trinajstić information content (AvgIpc) is 3.61. The van der Waals surface area contributed by atoms with Gasteiger partial charge in [-0.05, 0) is 35.7 Å². The highest BCUT2D eigenvalue weighted by Gasteiger charge is 2.24. The van der Waals surface area contributed by atoms with E-state index in [4.69, 9.17) is 4.42 Å². The van der Waals surface area contributed by atoms with Crippen LogP contribution >= 0.6 is 0 Å². The predicted octanol–water partition coefficient (Wildman–Crippen LogP) is 4.43. The fourth-order valence-electron chi connectivity index (χ4n) is 4.93.